The van der Waals surface area contributed by atoms with E-state index in [0.29, 0.717) is 42.1 Å². The molecule has 7 nitrogen and oxygen atoms in total. The molecule has 1 heterocycles. The summed E-state index contributed by atoms with van der Waals surface area (Å²) in [7, 11) is -3.28. The normalized spacial score (nSPS) is 21.1. The highest BCUT2D eigenvalue weighted by Crippen LogP contribution is 2.43. The number of benzene rings is 2. The minimum Gasteiger partial charge on any atom is -0.484 e. The van der Waals surface area contributed by atoms with E-state index in [1.54, 1.807) is 19.1 Å². The Labute approximate surface area is 162 Å². The number of aliphatic hydroxyl groups is 1. The van der Waals surface area contributed by atoms with Gasteiger partial charge in [-0.25, -0.2) is 13.2 Å². The lowest BCUT2D eigenvalue weighted by molar-refractivity contribution is 0.0444. The summed E-state index contributed by atoms with van der Waals surface area (Å²) >= 11 is 0. The first-order chi connectivity index (χ1) is 13.2. The fourth-order valence-electron chi connectivity index (χ4n) is 3.26. The van der Waals surface area contributed by atoms with Crippen LogP contribution in [0.1, 0.15) is 35.7 Å². The van der Waals surface area contributed by atoms with E-state index in [0.717, 1.165) is 0 Å². The molecular weight excluding hydrogens is 384 g/mol. The van der Waals surface area contributed by atoms with Crippen LogP contribution in [-0.4, -0.2) is 42.1 Å². The van der Waals surface area contributed by atoms with Gasteiger partial charge in [0.25, 0.3) is 0 Å². The van der Waals surface area contributed by atoms with Crippen LogP contribution in [0.15, 0.2) is 41.3 Å². The third-order valence-electron chi connectivity index (χ3n) is 5.00. The van der Waals surface area contributed by atoms with Crippen LogP contribution in [0.4, 0.5) is 0 Å². The summed E-state index contributed by atoms with van der Waals surface area (Å²) in [6.07, 6.45) is 1.75. The van der Waals surface area contributed by atoms with E-state index >= 15 is 0 Å². The van der Waals surface area contributed by atoms with Crippen LogP contribution in [0.3, 0.4) is 0 Å². The molecule has 0 aromatic heterocycles. The van der Waals surface area contributed by atoms with E-state index in [4.69, 9.17) is 9.47 Å². The molecule has 2 N–H and O–H groups in total. The second-order valence-corrected chi connectivity index (χ2v) is 9.69. The van der Waals surface area contributed by atoms with Gasteiger partial charge in [-0.15, -0.1) is 0 Å². The molecule has 1 atom stereocenters. The highest BCUT2D eigenvalue weighted by Gasteiger charge is 2.38. The van der Waals surface area contributed by atoms with Crippen LogP contribution < -0.4 is 9.47 Å². The zero-order valence-electron chi connectivity index (χ0n) is 15.2. The second kappa shape index (κ2) is 6.49. The Kier molecular flexibility index (Phi) is 4.35. The van der Waals surface area contributed by atoms with E-state index in [9.17, 15) is 23.4 Å². The smallest absolute Gasteiger partial charge is 0.335 e. The Morgan fingerprint density at radius 2 is 1.93 bits per heavy atom. The molecule has 8 heteroatoms. The van der Waals surface area contributed by atoms with Gasteiger partial charge in [-0.3, -0.25) is 0 Å². The Morgan fingerprint density at radius 1 is 1.25 bits per heavy atom. The minimum atomic E-state index is -3.28. The number of ether oxygens (including phenoxy) is 2. The predicted octanol–water partition coefficient (Wildman–Crippen LogP) is 2.80. The van der Waals surface area contributed by atoms with Crippen LogP contribution in [-0.2, 0) is 16.3 Å². The van der Waals surface area contributed by atoms with E-state index in [1.165, 1.54) is 24.3 Å². The zero-order valence-corrected chi connectivity index (χ0v) is 16.0. The van der Waals surface area contributed by atoms with Gasteiger partial charge < -0.3 is 19.7 Å². The molecular formula is C20H20O7S. The highest BCUT2D eigenvalue weighted by atomic mass is 32.2. The van der Waals surface area contributed by atoms with Crippen molar-refractivity contribution in [2.45, 2.75) is 41.9 Å². The first kappa shape index (κ1) is 18.8. The molecule has 0 saturated heterocycles. The van der Waals surface area contributed by atoms with Crippen molar-refractivity contribution in [3.8, 4) is 17.2 Å². The van der Waals surface area contributed by atoms with Gasteiger partial charge in [-0.2, -0.15) is 0 Å². The number of hydrogen-bond acceptors (Lipinski definition) is 6. The van der Waals surface area contributed by atoms with Gasteiger partial charge in [0.2, 0.25) is 0 Å². The number of rotatable bonds is 6. The van der Waals surface area contributed by atoms with Crippen molar-refractivity contribution in [1.29, 1.82) is 0 Å². The van der Waals surface area contributed by atoms with E-state index in [1.807, 2.05) is 0 Å². The first-order valence-electron chi connectivity index (χ1n) is 8.94. The average Bonchev–Trinajstić information content (AvgIpc) is 3.45. The van der Waals surface area contributed by atoms with Crippen molar-refractivity contribution in [1.82, 2.24) is 0 Å². The summed E-state index contributed by atoms with van der Waals surface area (Å²) in [6, 6.07) is 8.92. The second-order valence-electron chi connectivity index (χ2n) is 7.46. The lowest BCUT2D eigenvalue weighted by Gasteiger charge is -2.20. The summed E-state index contributed by atoms with van der Waals surface area (Å²) in [5.74, 6) is -0.0685. The van der Waals surface area contributed by atoms with Gasteiger partial charge in [0.1, 0.15) is 22.8 Å². The van der Waals surface area contributed by atoms with E-state index in [-0.39, 0.29) is 22.3 Å². The zero-order chi connectivity index (χ0) is 20.1. The molecule has 2 aromatic carbocycles. The molecule has 1 aliphatic heterocycles. The Balaban J connectivity index is 1.66. The third-order valence-corrected chi connectivity index (χ3v) is 7.28. The summed E-state index contributed by atoms with van der Waals surface area (Å²) in [4.78, 5) is 11.7. The molecule has 2 aliphatic rings. The van der Waals surface area contributed by atoms with Crippen LogP contribution in [0.5, 0.6) is 17.2 Å². The van der Waals surface area contributed by atoms with Crippen LogP contribution >= 0.6 is 0 Å². The molecule has 28 heavy (non-hydrogen) atoms. The van der Waals surface area contributed by atoms with Crippen LogP contribution in [0, 0.1) is 0 Å². The molecule has 0 radical (unpaired) electrons. The van der Waals surface area contributed by atoms with Gasteiger partial charge in [-0.1, -0.05) is 0 Å². The summed E-state index contributed by atoms with van der Waals surface area (Å²) in [6.45, 7) is 1.51. The predicted molar refractivity (Wildman–Crippen MR) is 99.9 cm³/mol. The maximum Gasteiger partial charge on any atom is 0.335 e. The van der Waals surface area contributed by atoms with Gasteiger partial charge in [0, 0.05) is 12.0 Å². The number of fused-ring (bicyclic) bond motifs is 1. The fraction of sp³-hybridized carbons (Fsp3) is 0.350. The molecule has 0 amide bonds. The third kappa shape index (κ3) is 3.33. The highest BCUT2D eigenvalue weighted by molar-refractivity contribution is 7.92. The number of carboxylic acid groups (broad SMARTS) is 1. The van der Waals surface area contributed by atoms with Gasteiger partial charge in [-0.05, 0) is 56.2 Å². The van der Waals surface area contributed by atoms with Crippen molar-refractivity contribution in [3.63, 3.8) is 0 Å². The number of hydrogen-bond donors (Lipinski definition) is 2. The quantitative estimate of drug-likeness (QED) is 0.762. The molecule has 1 saturated carbocycles. The van der Waals surface area contributed by atoms with Crippen LogP contribution in [0.25, 0.3) is 0 Å². The van der Waals surface area contributed by atoms with Crippen LogP contribution in [0.2, 0.25) is 0 Å². The van der Waals surface area contributed by atoms with Gasteiger partial charge >= 0.3 is 5.97 Å². The Bertz CT molecular complexity index is 1040. The van der Waals surface area contributed by atoms with Crippen molar-refractivity contribution in [3.05, 3.63) is 47.5 Å². The van der Waals surface area contributed by atoms with Crippen molar-refractivity contribution >= 4 is 15.8 Å². The average molecular weight is 404 g/mol. The number of sulfone groups is 1. The lowest BCUT2D eigenvalue weighted by atomic mass is 9.98. The van der Waals surface area contributed by atoms with Crippen molar-refractivity contribution < 1.29 is 32.9 Å². The largest absolute Gasteiger partial charge is 0.484 e. The molecule has 4 rings (SSSR count). The summed E-state index contributed by atoms with van der Waals surface area (Å²) < 4.78 is 36.2. The molecule has 1 fully saturated rings. The maximum atomic E-state index is 12.3. The van der Waals surface area contributed by atoms with Gasteiger partial charge in [0.15, 0.2) is 9.84 Å². The maximum absolute atomic E-state index is 12.3. The number of aromatic carboxylic acids is 1. The minimum absolute atomic E-state index is 0.00358. The first-order valence-corrected chi connectivity index (χ1v) is 10.5. The SMILES string of the molecule is CC1(CO)Cc2c(Oc3ccc(S(=O)(=O)C4CC4)cc3)cc(C(=O)O)cc2O1. The molecule has 1 aliphatic carbocycles. The molecule has 1 unspecified atom stereocenters. The van der Waals surface area contributed by atoms with Crippen molar-refractivity contribution in [2.24, 2.45) is 0 Å². The number of aliphatic hydroxyl groups excluding tert-OH is 1. The van der Waals surface area contributed by atoms with E-state index in [2.05, 4.69) is 0 Å². The van der Waals surface area contributed by atoms with Gasteiger partial charge in [0.05, 0.1) is 22.3 Å². The fourth-order valence-corrected chi connectivity index (χ4v) is 4.92. The van der Waals surface area contributed by atoms with E-state index < -0.39 is 21.4 Å². The monoisotopic (exact) mass is 404 g/mol. The topological polar surface area (TPSA) is 110 Å². The number of carboxylic acids is 1. The molecule has 0 bridgehead atoms. The molecule has 148 valence electrons. The van der Waals surface area contributed by atoms with Crippen molar-refractivity contribution in [2.75, 3.05) is 6.61 Å². The standard InChI is InChI=1S/C20H20O7S/c1-20(11-21)10-16-17(8-12(19(22)23)9-18(16)27-20)26-13-2-4-14(5-3-13)28(24,25)15-6-7-15/h2-5,8-9,15,21H,6-7,10-11H2,1H3,(H,22,23). The Morgan fingerprint density at radius 3 is 2.50 bits per heavy atom. The molecule has 0 spiro atoms. The summed E-state index contributed by atoms with van der Waals surface area (Å²) in [5.41, 5.74) is -0.181. The Hall–Kier alpha value is -2.58. The lowest BCUT2D eigenvalue weighted by Crippen LogP contribution is -2.34. The summed E-state index contributed by atoms with van der Waals surface area (Å²) in [5, 5.41) is 18.6. The molecule has 2 aromatic rings. The number of carbonyl (C=O) groups is 1.